The van der Waals surface area contributed by atoms with Gasteiger partial charge in [0.25, 0.3) is 0 Å². The Balaban J connectivity index is 1.92. The van der Waals surface area contributed by atoms with Gasteiger partial charge in [0.2, 0.25) is 0 Å². The minimum absolute atomic E-state index is 0.254. The molecule has 1 aliphatic heterocycles. The van der Waals surface area contributed by atoms with Gasteiger partial charge in [-0.05, 0) is 17.7 Å². The van der Waals surface area contributed by atoms with Gasteiger partial charge in [-0.15, -0.1) is 0 Å². The molecule has 0 fully saturated rings. The summed E-state index contributed by atoms with van der Waals surface area (Å²) in [5.74, 6) is 1.01. The zero-order valence-corrected chi connectivity index (χ0v) is 15.5. The summed E-state index contributed by atoms with van der Waals surface area (Å²) >= 11 is 0. The number of benzene rings is 2. The van der Waals surface area contributed by atoms with Crippen LogP contribution in [-0.2, 0) is 16.0 Å². The van der Waals surface area contributed by atoms with E-state index in [9.17, 15) is 4.79 Å². The Morgan fingerprint density at radius 1 is 1.04 bits per heavy atom. The van der Waals surface area contributed by atoms with Crippen molar-refractivity contribution in [3.05, 3.63) is 59.3 Å². The number of para-hydroxylation sites is 2. The summed E-state index contributed by atoms with van der Waals surface area (Å²) in [6.07, 6.45) is 0.564. The third-order valence-corrected chi connectivity index (χ3v) is 5.14. The van der Waals surface area contributed by atoms with E-state index in [4.69, 9.17) is 14.2 Å². The van der Waals surface area contributed by atoms with Crippen molar-refractivity contribution in [2.24, 2.45) is 0 Å². The van der Waals surface area contributed by atoms with Crippen LogP contribution in [-0.4, -0.2) is 38.3 Å². The van der Waals surface area contributed by atoms with Crippen molar-refractivity contribution < 1.29 is 19.0 Å². The van der Waals surface area contributed by atoms with Gasteiger partial charge in [-0.3, -0.25) is 10.1 Å². The van der Waals surface area contributed by atoms with Gasteiger partial charge in [-0.25, -0.2) is 0 Å². The monoisotopic (exact) mass is 366 g/mol. The quantitative estimate of drug-likeness (QED) is 0.695. The predicted molar refractivity (Wildman–Crippen MR) is 102 cm³/mol. The lowest BCUT2D eigenvalue weighted by Gasteiger charge is -2.31. The van der Waals surface area contributed by atoms with Gasteiger partial charge in [-0.2, -0.15) is 0 Å². The van der Waals surface area contributed by atoms with E-state index in [0.717, 1.165) is 27.7 Å². The number of ether oxygens (including phenoxy) is 3. The number of H-pyrrole nitrogens is 1. The minimum atomic E-state index is -0.442. The fourth-order valence-corrected chi connectivity index (χ4v) is 3.91. The van der Waals surface area contributed by atoms with Gasteiger partial charge in [0.15, 0.2) is 11.5 Å². The lowest BCUT2D eigenvalue weighted by Crippen LogP contribution is -2.45. The first kappa shape index (κ1) is 17.4. The summed E-state index contributed by atoms with van der Waals surface area (Å²) in [6.45, 7) is 0. The SMILES string of the molecule is COC(=O)[C@@H]1Cc2c([nH]c3ccccc23)[C@@H](c2cccc(OC)c2OC)N1. The maximum atomic E-state index is 12.3. The van der Waals surface area contributed by atoms with Gasteiger partial charge in [0.05, 0.1) is 27.4 Å². The van der Waals surface area contributed by atoms with Crippen molar-refractivity contribution in [3.63, 3.8) is 0 Å². The second-order valence-electron chi connectivity index (χ2n) is 6.53. The first-order valence-corrected chi connectivity index (χ1v) is 8.82. The number of fused-ring (bicyclic) bond motifs is 3. The summed E-state index contributed by atoms with van der Waals surface area (Å²) in [5.41, 5.74) is 4.09. The van der Waals surface area contributed by atoms with E-state index in [1.807, 2.05) is 36.4 Å². The predicted octanol–water partition coefficient (Wildman–Crippen LogP) is 2.96. The van der Waals surface area contributed by atoms with Crippen LogP contribution in [0.2, 0.25) is 0 Å². The van der Waals surface area contributed by atoms with E-state index in [1.54, 1.807) is 14.2 Å². The molecule has 140 valence electrons. The Morgan fingerprint density at radius 3 is 2.59 bits per heavy atom. The van der Waals surface area contributed by atoms with Gasteiger partial charge in [-0.1, -0.05) is 30.3 Å². The number of carbonyl (C=O) groups is 1. The zero-order valence-electron chi connectivity index (χ0n) is 15.5. The average Bonchev–Trinajstić information content (AvgIpc) is 3.10. The molecule has 1 aromatic heterocycles. The van der Waals surface area contributed by atoms with E-state index < -0.39 is 6.04 Å². The molecular formula is C21H22N2O4. The van der Waals surface area contributed by atoms with Crippen molar-refractivity contribution in [1.29, 1.82) is 0 Å². The number of esters is 1. The second-order valence-corrected chi connectivity index (χ2v) is 6.53. The molecule has 2 atom stereocenters. The number of nitrogens with one attached hydrogen (secondary N) is 2. The van der Waals surface area contributed by atoms with E-state index in [-0.39, 0.29) is 12.0 Å². The molecule has 0 radical (unpaired) electrons. The standard InChI is InChI=1S/C21H22N2O4/c1-25-17-10-6-8-13(20(17)26-2)18-19-14(11-16(23-18)21(24)27-3)12-7-4-5-9-15(12)22-19/h4-10,16,18,22-23H,11H2,1-3H3/t16-,18+/m0/s1. The van der Waals surface area contributed by atoms with Crippen LogP contribution in [0, 0.1) is 0 Å². The third kappa shape index (κ3) is 2.82. The van der Waals surface area contributed by atoms with Gasteiger partial charge in [0.1, 0.15) is 6.04 Å². The van der Waals surface area contributed by atoms with Crippen LogP contribution in [0.4, 0.5) is 0 Å². The van der Waals surface area contributed by atoms with Crippen LogP contribution in [0.1, 0.15) is 22.9 Å². The minimum Gasteiger partial charge on any atom is -0.493 e. The number of carbonyl (C=O) groups excluding carboxylic acids is 1. The number of hydrogen-bond donors (Lipinski definition) is 2. The summed E-state index contributed by atoms with van der Waals surface area (Å²) < 4.78 is 16.1. The van der Waals surface area contributed by atoms with Gasteiger partial charge < -0.3 is 19.2 Å². The topological polar surface area (TPSA) is 72.6 Å². The molecule has 2 N–H and O–H groups in total. The molecule has 0 saturated heterocycles. The van der Waals surface area contributed by atoms with Crippen molar-refractivity contribution in [2.75, 3.05) is 21.3 Å². The highest BCUT2D eigenvalue weighted by molar-refractivity contribution is 5.87. The van der Waals surface area contributed by atoms with E-state index in [2.05, 4.69) is 16.4 Å². The highest BCUT2D eigenvalue weighted by Gasteiger charge is 2.36. The zero-order chi connectivity index (χ0) is 19.0. The molecular weight excluding hydrogens is 344 g/mol. The third-order valence-electron chi connectivity index (χ3n) is 5.14. The Kier molecular flexibility index (Phi) is 4.49. The summed E-state index contributed by atoms with van der Waals surface area (Å²) in [7, 11) is 4.64. The van der Waals surface area contributed by atoms with Crippen LogP contribution >= 0.6 is 0 Å². The molecule has 0 amide bonds. The van der Waals surface area contributed by atoms with E-state index in [0.29, 0.717) is 17.9 Å². The number of aromatic nitrogens is 1. The molecule has 0 bridgehead atoms. The highest BCUT2D eigenvalue weighted by atomic mass is 16.5. The highest BCUT2D eigenvalue weighted by Crippen LogP contribution is 2.41. The molecule has 27 heavy (non-hydrogen) atoms. The van der Waals surface area contributed by atoms with Crippen LogP contribution in [0.3, 0.4) is 0 Å². The Labute approximate surface area is 157 Å². The fraction of sp³-hybridized carbons (Fsp3) is 0.286. The molecule has 6 heteroatoms. The van der Waals surface area contributed by atoms with Gasteiger partial charge in [0, 0.05) is 28.6 Å². The molecule has 0 unspecified atom stereocenters. The smallest absolute Gasteiger partial charge is 0.323 e. The Hall–Kier alpha value is -2.99. The van der Waals surface area contributed by atoms with Crippen LogP contribution in [0.25, 0.3) is 10.9 Å². The number of methoxy groups -OCH3 is 3. The molecule has 4 rings (SSSR count). The summed E-state index contributed by atoms with van der Waals surface area (Å²) in [6, 6.07) is 13.2. The van der Waals surface area contributed by atoms with Crippen molar-refractivity contribution >= 4 is 16.9 Å². The molecule has 0 aliphatic carbocycles. The molecule has 0 spiro atoms. The summed E-state index contributed by atoms with van der Waals surface area (Å²) in [5, 5.41) is 4.54. The number of rotatable bonds is 4. The van der Waals surface area contributed by atoms with Crippen molar-refractivity contribution in [2.45, 2.75) is 18.5 Å². The average molecular weight is 366 g/mol. The van der Waals surface area contributed by atoms with Crippen molar-refractivity contribution in [3.8, 4) is 11.5 Å². The largest absolute Gasteiger partial charge is 0.493 e. The molecule has 2 heterocycles. The van der Waals surface area contributed by atoms with Crippen LogP contribution in [0.15, 0.2) is 42.5 Å². The number of aromatic amines is 1. The van der Waals surface area contributed by atoms with Crippen molar-refractivity contribution in [1.82, 2.24) is 10.3 Å². The first-order chi connectivity index (χ1) is 13.2. The van der Waals surface area contributed by atoms with E-state index >= 15 is 0 Å². The lowest BCUT2D eigenvalue weighted by atomic mass is 9.90. The molecule has 1 aliphatic rings. The molecule has 6 nitrogen and oxygen atoms in total. The normalized spacial score (nSPS) is 18.8. The Bertz CT molecular complexity index is 995. The maximum absolute atomic E-state index is 12.3. The molecule has 0 saturated carbocycles. The number of hydrogen-bond acceptors (Lipinski definition) is 5. The van der Waals surface area contributed by atoms with Gasteiger partial charge >= 0.3 is 5.97 Å². The van der Waals surface area contributed by atoms with Crippen LogP contribution in [0.5, 0.6) is 11.5 Å². The maximum Gasteiger partial charge on any atom is 0.323 e. The second kappa shape index (κ2) is 6.96. The molecule has 3 aromatic rings. The summed E-state index contributed by atoms with van der Waals surface area (Å²) in [4.78, 5) is 15.9. The van der Waals surface area contributed by atoms with E-state index in [1.165, 1.54) is 7.11 Å². The van der Waals surface area contributed by atoms with Crippen LogP contribution < -0.4 is 14.8 Å². The Morgan fingerprint density at radius 2 is 1.85 bits per heavy atom. The fourth-order valence-electron chi connectivity index (χ4n) is 3.91. The lowest BCUT2D eigenvalue weighted by molar-refractivity contribution is -0.143. The first-order valence-electron chi connectivity index (χ1n) is 8.82. The molecule has 2 aromatic carbocycles.